The molecule has 3 aromatic rings. The molecule has 0 fully saturated rings. The number of hydrogen-bond donors (Lipinski definition) is 2. The van der Waals surface area contributed by atoms with Crippen molar-refractivity contribution in [3.8, 4) is 17.6 Å². The maximum absolute atomic E-state index is 9.17. The van der Waals surface area contributed by atoms with Gasteiger partial charge in [-0.3, -0.25) is 0 Å². The highest BCUT2D eigenvalue weighted by Crippen LogP contribution is 2.30. The van der Waals surface area contributed by atoms with Gasteiger partial charge in [-0.25, -0.2) is 0 Å². The van der Waals surface area contributed by atoms with Crippen molar-refractivity contribution in [3.63, 3.8) is 0 Å². The molecule has 0 saturated carbocycles. The van der Waals surface area contributed by atoms with Gasteiger partial charge >= 0.3 is 0 Å². The number of para-hydroxylation sites is 1. The molecule has 0 aliphatic carbocycles. The number of nitrogens with one attached hydrogen (secondary N) is 2. The summed E-state index contributed by atoms with van der Waals surface area (Å²) in [5.74, 6) is 2.00. The second kappa shape index (κ2) is 7.81. The third-order valence-corrected chi connectivity index (χ3v) is 3.52. The minimum Gasteiger partial charge on any atom is -0.497 e. The summed E-state index contributed by atoms with van der Waals surface area (Å²) in [6.45, 7) is 0. The summed E-state index contributed by atoms with van der Waals surface area (Å²) in [4.78, 5) is 4.36. The maximum Gasteiger partial charge on any atom is 0.249 e. The molecule has 0 radical (unpaired) electrons. The summed E-state index contributed by atoms with van der Waals surface area (Å²) >= 11 is 0. The van der Waals surface area contributed by atoms with Crippen LogP contribution in [-0.2, 0) is 0 Å². The molecule has 0 saturated heterocycles. The lowest BCUT2D eigenvalue weighted by atomic mass is 10.2. The van der Waals surface area contributed by atoms with Crippen LogP contribution in [0.2, 0.25) is 0 Å². The fourth-order valence-corrected chi connectivity index (χ4v) is 2.27. The van der Waals surface area contributed by atoms with Gasteiger partial charge in [0.15, 0.2) is 5.82 Å². The molecule has 0 unspecified atom stereocenters. The van der Waals surface area contributed by atoms with E-state index in [1.54, 1.807) is 50.6 Å². The highest BCUT2D eigenvalue weighted by molar-refractivity contribution is 5.67. The van der Waals surface area contributed by atoms with Crippen LogP contribution >= 0.6 is 0 Å². The molecule has 0 atom stereocenters. The highest BCUT2D eigenvalue weighted by Gasteiger charge is 2.09. The summed E-state index contributed by atoms with van der Waals surface area (Å²) in [5, 5.41) is 23.2. The van der Waals surface area contributed by atoms with Gasteiger partial charge in [-0.15, -0.1) is 5.10 Å². The first-order valence-electron chi connectivity index (χ1n) is 7.68. The lowest BCUT2D eigenvalue weighted by molar-refractivity contribution is 0.395. The van der Waals surface area contributed by atoms with E-state index in [2.05, 4.69) is 31.9 Å². The smallest absolute Gasteiger partial charge is 0.249 e. The normalized spacial score (nSPS) is 9.88. The summed E-state index contributed by atoms with van der Waals surface area (Å²) in [7, 11) is 3.15. The lowest BCUT2D eigenvalue weighted by Gasteiger charge is -2.12. The predicted octanol–water partition coefficient (Wildman–Crippen LogP) is 3.25. The average molecular weight is 348 g/mol. The van der Waals surface area contributed by atoms with Gasteiger partial charge in [0.2, 0.25) is 5.95 Å². The Hall–Kier alpha value is -3.86. The third-order valence-electron chi connectivity index (χ3n) is 3.52. The third kappa shape index (κ3) is 3.79. The van der Waals surface area contributed by atoms with Gasteiger partial charge < -0.3 is 20.1 Å². The molecule has 0 aliphatic heterocycles. The number of nitrogens with zero attached hydrogens (tertiary/aromatic N) is 4. The number of methoxy groups -OCH3 is 2. The number of hydrogen-bond acceptors (Lipinski definition) is 8. The van der Waals surface area contributed by atoms with Crippen LogP contribution in [0.3, 0.4) is 0 Å². The zero-order chi connectivity index (χ0) is 18.4. The van der Waals surface area contributed by atoms with Gasteiger partial charge in [0, 0.05) is 6.07 Å². The molecule has 130 valence electrons. The zero-order valence-electron chi connectivity index (χ0n) is 14.2. The van der Waals surface area contributed by atoms with Crippen molar-refractivity contribution >= 4 is 23.1 Å². The molecule has 0 aliphatic rings. The van der Waals surface area contributed by atoms with Crippen molar-refractivity contribution in [2.24, 2.45) is 0 Å². The van der Waals surface area contributed by atoms with E-state index in [9.17, 15) is 5.26 Å². The van der Waals surface area contributed by atoms with Crippen molar-refractivity contribution < 1.29 is 9.47 Å². The molecule has 0 amide bonds. The SMILES string of the molecule is COc1ccc(Nc2nncc(Nc3ccccc3C#N)n2)c(OC)c1. The van der Waals surface area contributed by atoms with Gasteiger partial charge in [0.05, 0.1) is 37.4 Å². The molecule has 2 N–H and O–H groups in total. The fourth-order valence-electron chi connectivity index (χ4n) is 2.27. The van der Waals surface area contributed by atoms with Gasteiger partial charge in [0.1, 0.15) is 17.6 Å². The van der Waals surface area contributed by atoms with Gasteiger partial charge in [0.25, 0.3) is 0 Å². The minimum absolute atomic E-state index is 0.285. The molecule has 3 rings (SSSR count). The Morgan fingerprint density at radius 1 is 1.00 bits per heavy atom. The van der Waals surface area contributed by atoms with Crippen molar-refractivity contribution in [3.05, 3.63) is 54.2 Å². The van der Waals surface area contributed by atoms with E-state index in [-0.39, 0.29) is 5.95 Å². The Kier molecular flexibility index (Phi) is 5.10. The Labute approximate surface area is 150 Å². The maximum atomic E-state index is 9.17. The molecular weight excluding hydrogens is 332 g/mol. The van der Waals surface area contributed by atoms with Crippen LogP contribution in [0, 0.1) is 11.3 Å². The first-order chi connectivity index (χ1) is 12.7. The molecule has 8 heteroatoms. The second-order valence-corrected chi connectivity index (χ2v) is 5.14. The Bertz CT molecular complexity index is 954. The minimum atomic E-state index is 0.285. The number of nitriles is 1. The van der Waals surface area contributed by atoms with E-state index in [1.807, 2.05) is 6.07 Å². The van der Waals surface area contributed by atoms with E-state index in [0.29, 0.717) is 34.3 Å². The fraction of sp³-hybridized carbons (Fsp3) is 0.111. The Balaban J connectivity index is 1.83. The topological polar surface area (TPSA) is 105 Å². The summed E-state index contributed by atoms with van der Waals surface area (Å²) in [6, 6.07) is 14.6. The molecule has 26 heavy (non-hydrogen) atoms. The Morgan fingerprint density at radius 3 is 2.62 bits per heavy atom. The van der Waals surface area contributed by atoms with Crippen molar-refractivity contribution in [2.75, 3.05) is 24.9 Å². The summed E-state index contributed by atoms with van der Waals surface area (Å²) in [5.41, 5.74) is 1.82. The molecule has 8 nitrogen and oxygen atoms in total. The summed E-state index contributed by atoms with van der Waals surface area (Å²) in [6.07, 6.45) is 1.48. The van der Waals surface area contributed by atoms with E-state index >= 15 is 0 Å². The average Bonchev–Trinajstić information content (AvgIpc) is 2.69. The predicted molar refractivity (Wildman–Crippen MR) is 97.1 cm³/mol. The highest BCUT2D eigenvalue weighted by atomic mass is 16.5. The van der Waals surface area contributed by atoms with Gasteiger partial charge in [-0.2, -0.15) is 15.3 Å². The molecule has 1 aromatic heterocycles. The van der Waals surface area contributed by atoms with Gasteiger partial charge in [-0.1, -0.05) is 12.1 Å². The first-order valence-corrected chi connectivity index (χ1v) is 7.68. The Morgan fingerprint density at radius 2 is 1.85 bits per heavy atom. The van der Waals surface area contributed by atoms with Crippen molar-refractivity contribution in [1.82, 2.24) is 15.2 Å². The second-order valence-electron chi connectivity index (χ2n) is 5.14. The number of aromatic nitrogens is 3. The van der Waals surface area contributed by atoms with Gasteiger partial charge in [-0.05, 0) is 24.3 Å². The number of anilines is 4. The summed E-state index contributed by atoms with van der Waals surface area (Å²) < 4.78 is 10.5. The molecule has 1 heterocycles. The van der Waals surface area contributed by atoms with Crippen LogP contribution in [-0.4, -0.2) is 29.4 Å². The first kappa shape index (κ1) is 17.0. The zero-order valence-corrected chi connectivity index (χ0v) is 14.2. The monoisotopic (exact) mass is 348 g/mol. The van der Waals surface area contributed by atoms with E-state index in [1.165, 1.54) is 6.20 Å². The number of rotatable bonds is 6. The molecule has 0 spiro atoms. The standard InChI is InChI=1S/C18H16N6O2/c1-25-13-7-8-15(16(9-13)26-2)22-18-23-17(11-20-24-18)21-14-6-4-3-5-12(14)10-19/h3-9,11H,1-2H3,(H2,21,22,23,24). The van der Waals surface area contributed by atoms with Crippen LogP contribution in [0.1, 0.15) is 5.56 Å². The van der Waals surface area contributed by atoms with Crippen LogP contribution < -0.4 is 20.1 Å². The van der Waals surface area contributed by atoms with E-state index in [4.69, 9.17) is 9.47 Å². The van der Waals surface area contributed by atoms with Crippen LogP contribution in [0.25, 0.3) is 0 Å². The van der Waals surface area contributed by atoms with Crippen molar-refractivity contribution in [1.29, 1.82) is 5.26 Å². The number of ether oxygens (including phenoxy) is 2. The lowest BCUT2D eigenvalue weighted by Crippen LogP contribution is -2.04. The van der Waals surface area contributed by atoms with E-state index in [0.717, 1.165) is 0 Å². The van der Waals surface area contributed by atoms with Crippen LogP contribution in [0.5, 0.6) is 11.5 Å². The van der Waals surface area contributed by atoms with Crippen LogP contribution in [0.15, 0.2) is 48.7 Å². The van der Waals surface area contributed by atoms with E-state index < -0.39 is 0 Å². The van der Waals surface area contributed by atoms with Crippen LogP contribution in [0.4, 0.5) is 23.1 Å². The number of benzene rings is 2. The quantitative estimate of drug-likeness (QED) is 0.699. The largest absolute Gasteiger partial charge is 0.497 e. The molecular formula is C18H16N6O2. The molecule has 2 aromatic carbocycles. The molecule has 0 bridgehead atoms. The van der Waals surface area contributed by atoms with Crippen molar-refractivity contribution in [2.45, 2.75) is 0 Å².